The number of thioether (sulfide) groups is 1. The van der Waals surface area contributed by atoms with Crippen molar-refractivity contribution >= 4 is 45.0 Å². The molecule has 0 aliphatic carbocycles. The van der Waals surface area contributed by atoms with Crippen molar-refractivity contribution in [1.29, 1.82) is 5.26 Å². The summed E-state index contributed by atoms with van der Waals surface area (Å²) in [6, 6.07) is 9.72. The summed E-state index contributed by atoms with van der Waals surface area (Å²) in [4.78, 5) is 30.0. The Hall–Kier alpha value is -2.83. The van der Waals surface area contributed by atoms with Crippen LogP contribution in [0, 0.1) is 11.3 Å². The van der Waals surface area contributed by atoms with Gasteiger partial charge in [-0.15, -0.1) is 11.3 Å². The van der Waals surface area contributed by atoms with E-state index >= 15 is 0 Å². The Labute approximate surface area is 144 Å². The van der Waals surface area contributed by atoms with E-state index in [1.165, 1.54) is 23.1 Å². The van der Waals surface area contributed by atoms with Crippen molar-refractivity contribution < 1.29 is 9.90 Å². The number of pyridine rings is 1. The van der Waals surface area contributed by atoms with Crippen LogP contribution in [0.1, 0.15) is 5.56 Å². The summed E-state index contributed by atoms with van der Waals surface area (Å²) >= 11 is 2.39. The molecule has 0 aliphatic rings. The molecule has 24 heavy (non-hydrogen) atoms. The van der Waals surface area contributed by atoms with E-state index in [9.17, 15) is 14.7 Å². The van der Waals surface area contributed by atoms with Crippen LogP contribution in [-0.4, -0.2) is 26.7 Å². The van der Waals surface area contributed by atoms with E-state index in [0.717, 1.165) is 6.07 Å². The van der Waals surface area contributed by atoms with Crippen LogP contribution in [0.2, 0.25) is 0 Å². The predicted molar refractivity (Wildman–Crippen MR) is 92.4 cm³/mol. The molecule has 0 saturated heterocycles. The minimum Gasteiger partial charge on any atom is -0.506 e. The van der Waals surface area contributed by atoms with Crippen molar-refractivity contribution in [2.24, 2.45) is 0 Å². The number of fused-ring (bicyclic) bond motifs is 1. The quantitative estimate of drug-likeness (QED) is 0.616. The number of benzene rings is 1. The Bertz CT molecular complexity index is 1020. The first-order valence-electron chi connectivity index (χ1n) is 6.71. The van der Waals surface area contributed by atoms with Crippen molar-refractivity contribution in [3.63, 3.8) is 0 Å². The summed E-state index contributed by atoms with van der Waals surface area (Å²) in [5.41, 5.74) is 0.878. The monoisotopic (exact) mass is 358 g/mol. The van der Waals surface area contributed by atoms with Gasteiger partial charge in [0.25, 0.3) is 5.56 Å². The van der Waals surface area contributed by atoms with E-state index in [1.54, 1.807) is 24.3 Å². The Morgan fingerprint density at radius 3 is 3.08 bits per heavy atom. The van der Waals surface area contributed by atoms with E-state index in [2.05, 4.69) is 15.3 Å². The summed E-state index contributed by atoms with van der Waals surface area (Å²) in [6.45, 7) is 0. The lowest BCUT2D eigenvalue weighted by atomic mass is 10.2. The van der Waals surface area contributed by atoms with Crippen molar-refractivity contribution in [2.75, 3.05) is 11.1 Å². The summed E-state index contributed by atoms with van der Waals surface area (Å²) in [5, 5.41) is 21.3. The molecule has 0 aliphatic heterocycles. The number of aromatic hydroxyl groups is 1. The highest BCUT2D eigenvalue weighted by atomic mass is 32.2. The molecule has 0 unspecified atom stereocenters. The maximum atomic E-state index is 12.0. The third-order valence-electron chi connectivity index (χ3n) is 2.95. The number of carbonyl (C=O) groups is 1. The predicted octanol–water partition coefficient (Wildman–Crippen LogP) is 2.29. The SMILES string of the molecule is N#Cc1cccc(NC(=O)CSc2nc3[nH]c(=O)cc(O)c3s2)c1. The second kappa shape index (κ2) is 6.74. The fraction of sp³-hybridized carbons (Fsp3) is 0.0667. The second-order valence-electron chi connectivity index (χ2n) is 4.71. The van der Waals surface area contributed by atoms with E-state index in [1.807, 2.05) is 6.07 Å². The first kappa shape index (κ1) is 16.0. The molecule has 7 nitrogen and oxygen atoms in total. The number of hydrogen-bond donors (Lipinski definition) is 3. The zero-order chi connectivity index (χ0) is 17.1. The molecule has 0 fully saturated rings. The lowest BCUT2D eigenvalue weighted by Gasteiger charge is -2.04. The molecule has 120 valence electrons. The average molecular weight is 358 g/mol. The molecule has 3 rings (SSSR count). The van der Waals surface area contributed by atoms with Gasteiger partial charge < -0.3 is 15.4 Å². The molecule has 0 atom stereocenters. The number of nitriles is 1. The Balaban J connectivity index is 1.67. The van der Waals surface area contributed by atoms with Gasteiger partial charge in [0.15, 0.2) is 9.99 Å². The number of aromatic amines is 1. The summed E-state index contributed by atoms with van der Waals surface area (Å²) in [7, 11) is 0. The number of hydrogen-bond acceptors (Lipinski definition) is 7. The van der Waals surface area contributed by atoms with Gasteiger partial charge in [0.2, 0.25) is 5.91 Å². The van der Waals surface area contributed by atoms with Gasteiger partial charge in [0, 0.05) is 11.8 Å². The van der Waals surface area contributed by atoms with E-state index in [0.29, 0.717) is 25.9 Å². The number of nitrogens with zero attached hydrogens (tertiary/aromatic N) is 2. The number of amides is 1. The number of rotatable bonds is 4. The highest BCUT2D eigenvalue weighted by molar-refractivity contribution is 8.01. The van der Waals surface area contributed by atoms with Gasteiger partial charge in [0.05, 0.1) is 17.4 Å². The van der Waals surface area contributed by atoms with Crippen LogP contribution >= 0.6 is 23.1 Å². The maximum Gasteiger partial charge on any atom is 0.253 e. The molecular weight excluding hydrogens is 348 g/mol. The van der Waals surface area contributed by atoms with Crippen LogP contribution < -0.4 is 10.9 Å². The minimum atomic E-state index is -0.433. The Morgan fingerprint density at radius 2 is 2.29 bits per heavy atom. The van der Waals surface area contributed by atoms with Crippen molar-refractivity contribution in [1.82, 2.24) is 9.97 Å². The summed E-state index contributed by atoms with van der Waals surface area (Å²) in [5.74, 6) is -0.260. The first-order valence-corrected chi connectivity index (χ1v) is 8.51. The molecule has 1 aromatic carbocycles. The molecule has 9 heteroatoms. The lowest BCUT2D eigenvalue weighted by Crippen LogP contribution is -2.13. The van der Waals surface area contributed by atoms with E-state index in [-0.39, 0.29) is 17.4 Å². The lowest BCUT2D eigenvalue weighted by molar-refractivity contribution is -0.113. The zero-order valence-electron chi connectivity index (χ0n) is 12.1. The molecule has 2 heterocycles. The smallest absolute Gasteiger partial charge is 0.253 e. The molecular formula is C15H10N4O3S2. The third kappa shape index (κ3) is 3.56. The van der Waals surface area contributed by atoms with Crippen LogP contribution in [-0.2, 0) is 4.79 Å². The number of thiazole rings is 1. The van der Waals surface area contributed by atoms with Crippen molar-refractivity contribution in [3.8, 4) is 11.8 Å². The molecule has 0 spiro atoms. The molecule has 3 aromatic rings. The average Bonchev–Trinajstić information content (AvgIpc) is 2.96. The fourth-order valence-corrected chi connectivity index (χ4v) is 3.77. The number of H-pyrrole nitrogens is 1. The molecule has 0 bridgehead atoms. The van der Waals surface area contributed by atoms with E-state index < -0.39 is 5.56 Å². The highest BCUT2D eigenvalue weighted by Gasteiger charge is 2.12. The van der Waals surface area contributed by atoms with Gasteiger partial charge in [-0.05, 0) is 18.2 Å². The largest absolute Gasteiger partial charge is 0.506 e. The normalized spacial score (nSPS) is 10.5. The van der Waals surface area contributed by atoms with Crippen LogP contribution in [0.5, 0.6) is 5.75 Å². The van der Waals surface area contributed by atoms with Gasteiger partial charge in [0.1, 0.15) is 10.4 Å². The number of nitrogens with one attached hydrogen (secondary N) is 2. The summed E-state index contributed by atoms with van der Waals surface area (Å²) < 4.78 is 1.03. The zero-order valence-corrected chi connectivity index (χ0v) is 13.7. The van der Waals surface area contributed by atoms with Gasteiger partial charge in [-0.1, -0.05) is 17.8 Å². The second-order valence-corrected chi connectivity index (χ2v) is 6.93. The highest BCUT2D eigenvalue weighted by Crippen LogP contribution is 2.32. The van der Waals surface area contributed by atoms with Gasteiger partial charge in [-0.3, -0.25) is 9.59 Å². The first-order chi connectivity index (χ1) is 11.5. The summed E-state index contributed by atoms with van der Waals surface area (Å²) in [6.07, 6.45) is 0. The maximum absolute atomic E-state index is 12.0. The van der Waals surface area contributed by atoms with Crippen LogP contribution in [0.15, 0.2) is 39.5 Å². The third-order valence-corrected chi connectivity index (χ3v) is 5.17. The van der Waals surface area contributed by atoms with Crippen LogP contribution in [0.3, 0.4) is 0 Å². The van der Waals surface area contributed by atoms with Gasteiger partial charge in [-0.2, -0.15) is 5.26 Å². The van der Waals surface area contributed by atoms with E-state index in [4.69, 9.17) is 5.26 Å². The van der Waals surface area contributed by atoms with Crippen molar-refractivity contribution in [2.45, 2.75) is 4.34 Å². The standard InChI is InChI=1S/C15H10N4O3S2/c16-6-8-2-1-3-9(4-8)17-12(22)7-23-15-19-14-13(24-15)10(20)5-11(21)18-14/h1-5H,7H2,(H,17,22)(H2,18,20,21). The number of carbonyl (C=O) groups excluding carboxylic acids is 1. The molecule has 1 amide bonds. The molecule has 2 aromatic heterocycles. The topological polar surface area (TPSA) is 119 Å². The van der Waals surface area contributed by atoms with Gasteiger partial charge >= 0.3 is 0 Å². The number of anilines is 1. The van der Waals surface area contributed by atoms with Gasteiger partial charge in [-0.25, -0.2) is 4.98 Å². The van der Waals surface area contributed by atoms with Crippen LogP contribution in [0.25, 0.3) is 10.3 Å². The number of aromatic nitrogens is 2. The Kier molecular flexibility index (Phi) is 4.50. The minimum absolute atomic E-state index is 0.113. The molecule has 0 saturated carbocycles. The van der Waals surface area contributed by atoms with Crippen LogP contribution in [0.4, 0.5) is 5.69 Å². The fourth-order valence-electron chi connectivity index (χ4n) is 1.95. The Morgan fingerprint density at radius 1 is 1.46 bits per heavy atom. The molecule has 0 radical (unpaired) electrons. The van der Waals surface area contributed by atoms with Crippen molar-refractivity contribution in [3.05, 3.63) is 46.2 Å². The molecule has 3 N–H and O–H groups in total.